The molecule has 0 bridgehead atoms. The van der Waals surface area contributed by atoms with Crippen LogP contribution in [0.3, 0.4) is 0 Å². The number of unbranched alkanes of at least 4 members (excludes halogenated alkanes) is 2. The summed E-state index contributed by atoms with van der Waals surface area (Å²) in [6.45, 7) is 1.18. The zero-order valence-electron chi connectivity index (χ0n) is 13.2. The number of rotatable bonds is 10. The summed E-state index contributed by atoms with van der Waals surface area (Å²) < 4.78 is 4.86. The fourth-order valence-electron chi connectivity index (χ4n) is 2.92. The topological polar surface area (TPSA) is 145 Å². The number of aldehydes is 1. The normalized spacial score (nSPS) is 31.8. The zero-order valence-corrected chi connectivity index (χ0v) is 13.2. The molecule has 5 N–H and O–H groups in total. The van der Waals surface area contributed by atoms with Crippen LogP contribution in [-0.2, 0) is 14.3 Å². The van der Waals surface area contributed by atoms with E-state index in [1.165, 1.54) is 0 Å². The second-order valence-electron chi connectivity index (χ2n) is 5.92. The first-order valence-electron chi connectivity index (χ1n) is 7.85. The molecular formula is C15H26O8. The van der Waals surface area contributed by atoms with Crippen molar-refractivity contribution >= 4 is 12.1 Å². The van der Waals surface area contributed by atoms with Gasteiger partial charge >= 0.3 is 0 Å². The molecule has 1 rings (SSSR count). The Morgan fingerprint density at radius 3 is 2.52 bits per heavy atom. The smallest absolute Gasteiger partial charge is 0.201 e. The first-order chi connectivity index (χ1) is 10.8. The van der Waals surface area contributed by atoms with Crippen molar-refractivity contribution in [2.75, 3.05) is 6.61 Å². The van der Waals surface area contributed by atoms with Gasteiger partial charge in [0.1, 0.15) is 12.4 Å². The monoisotopic (exact) mass is 334 g/mol. The highest BCUT2D eigenvalue weighted by Gasteiger charge is 2.61. The highest BCUT2D eigenvalue weighted by atomic mass is 16.6. The van der Waals surface area contributed by atoms with Crippen LogP contribution in [0.25, 0.3) is 0 Å². The molecule has 0 aromatic heterocycles. The van der Waals surface area contributed by atoms with E-state index in [2.05, 4.69) is 0 Å². The molecule has 8 heteroatoms. The number of aliphatic hydroxyl groups is 5. The van der Waals surface area contributed by atoms with Gasteiger partial charge in [-0.2, -0.15) is 0 Å². The van der Waals surface area contributed by atoms with E-state index in [0.29, 0.717) is 12.7 Å². The molecule has 0 radical (unpaired) electrons. The summed E-state index contributed by atoms with van der Waals surface area (Å²) in [6.07, 6.45) is -3.68. The minimum atomic E-state index is -2.51. The van der Waals surface area contributed by atoms with E-state index in [0.717, 1.165) is 12.8 Å². The average molecular weight is 334 g/mol. The quantitative estimate of drug-likeness (QED) is 0.240. The Bertz CT molecular complexity index is 401. The third-order valence-corrected chi connectivity index (χ3v) is 4.33. The molecule has 0 amide bonds. The molecule has 1 aliphatic heterocycles. The molecule has 1 saturated heterocycles. The van der Waals surface area contributed by atoms with Crippen molar-refractivity contribution in [3.8, 4) is 0 Å². The minimum absolute atomic E-state index is 0.252. The Labute approximate surface area is 134 Å². The number of carbonyl (C=O) groups is 2. The Morgan fingerprint density at radius 2 is 2.00 bits per heavy atom. The summed E-state index contributed by atoms with van der Waals surface area (Å²) in [5.41, 5.74) is -2.51. The lowest BCUT2D eigenvalue weighted by Crippen LogP contribution is -2.56. The van der Waals surface area contributed by atoms with Gasteiger partial charge in [0.2, 0.25) is 5.78 Å². The number of Topliss-reactive ketones (excluding diaryl/α,β-unsaturated/α-hetero) is 1. The van der Waals surface area contributed by atoms with Gasteiger partial charge in [-0.05, 0) is 6.42 Å². The number of aliphatic hydroxyl groups excluding tert-OH is 4. The molecule has 1 aliphatic rings. The van der Waals surface area contributed by atoms with E-state index in [1.807, 2.05) is 6.92 Å². The van der Waals surface area contributed by atoms with Gasteiger partial charge in [0.05, 0.1) is 12.7 Å². The second kappa shape index (κ2) is 8.81. The fraction of sp³-hybridized carbons (Fsp3) is 0.867. The first-order valence-corrected chi connectivity index (χ1v) is 7.85. The van der Waals surface area contributed by atoms with Crippen molar-refractivity contribution in [1.29, 1.82) is 0 Å². The first kappa shape index (κ1) is 20.1. The standard InChI is InChI=1S/C15H26O8/c1-2-3-4-5-10(18)9(6-7-16)15(22)13(20)12(11(19)8-17)23-14(15)21/h7,9-12,14,17-19,21-22H,2-6,8H2,1H3. The van der Waals surface area contributed by atoms with Crippen molar-refractivity contribution in [3.63, 3.8) is 0 Å². The average Bonchev–Trinajstić information content (AvgIpc) is 2.76. The molecule has 0 aromatic rings. The number of ketones is 1. The predicted molar refractivity (Wildman–Crippen MR) is 78.2 cm³/mol. The van der Waals surface area contributed by atoms with Crippen LogP contribution in [0, 0.1) is 5.92 Å². The second-order valence-corrected chi connectivity index (χ2v) is 5.92. The Kier molecular flexibility index (Phi) is 7.72. The maximum atomic E-state index is 12.4. The number of hydrogen-bond donors (Lipinski definition) is 5. The molecule has 6 atom stereocenters. The fourth-order valence-corrected chi connectivity index (χ4v) is 2.92. The molecule has 6 unspecified atom stereocenters. The third kappa shape index (κ3) is 4.14. The Balaban J connectivity index is 2.98. The van der Waals surface area contributed by atoms with E-state index in [1.54, 1.807) is 0 Å². The van der Waals surface area contributed by atoms with Crippen molar-refractivity contribution < 1.29 is 39.9 Å². The van der Waals surface area contributed by atoms with Gasteiger partial charge in [0.25, 0.3) is 0 Å². The van der Waals surface area contributed by atoms with E-state index in [9.17, 15) is 30.0 Å². The van der Waals surface area contributed by atoms with Gasteiger partial charge in [0.15, 0.2) is 18.0 Å². The van der Waals surface area contributed by atoms with Crippen LogP contribution in [0.4, 0.5) is 0 Å². The molecule has 0 saturated carbocycles. The number of ether oxygens (including phenoxy) is 1. The third-order valence-electron chi connectivity index (χ3n) is 4.33. The molecule has 1 fully saturated rings. The highest BCUT2D eigenvalue weighted by Crippen LogP contribution is 2.38. The molecule has 0 spiro atoms. The van der Waals surface area contributed by atoms with Gasteiger partial charge in [-0.25, -0.2) is 0 Å². The summed E-state index contributed by atoms with van der Waals surface area (Å²) in [5.74, 6) is -2.30. The minimum Gasteiger partial charge on any atom is -0.394 e. The van der Waals surface area contributed by atoms with Crippen LogP contribution in [-0.4, -0.2) is 74.4 Å². The van der Waals surface area contributed by atoms with Crippen molar-refractivity contribution in [2.45, 2.75) is 69.2 Å². The lowest BCUT2D eigenvalue weighted by atomic mass is 9.76. The molecule has 1 heterocycles. The van der Waals surface area contributed by atoms with E-state index in [-0.39, 0.29) is 12.8 Å². The summed E-state index contributed by atoms with van der Waals surface area (Å²) in [5, 5.41) is 49.3. The maximum Gasteiger partial charge on any atom is 0.201 e. The SMILES string of the molecule is CCCCCC(O)C(CC=O)C1(O)C(=O)C(C(O)CO)OC1O. The van der Waals surface area contributed by atoms with Crippen LogP contribution in [0.1, 0.15) is 39.0 Å². The molecule has 23 heavy (non-hydrogen) atoms. The van der Waals surface area contributed by atoms with Crippen molar-refractivity contribution in [1.82, 2.24) is 0 Å². The van der Waals surface area contributed by atoms with Gasteiger partial charge in [-0.15, -0.1) is 0 Å². The predicted octanol–water partition coefficient (Wildman–Crippen LogP) is -1.50. The molecule has 8 nitrogen and oxygen atoms in total. The molecule has 134 valence electrons. The van der Waals surface area contributed by atoms with E-state index in [4.69, 9.17) is 9.84 Å². The van der Waals surface area contributed by atoms with Crippen molar-refractivity contribution in [2.24, 2.45) is 5.92 Å². The zero-order chi connectivity index (χ0) is 17.6. The summed E-state index contributed by atoms with van der Waals surface area (Å²) in [4.78, 5) is 23.2. The lowest BCUT2D eigenvalue weighted by molar-refractivity contribution is -0.207. The van der Waals surface area contributed by atoms with Crippen molar-refractivity contribution in [3.05, 3.63) is 0 Å². The molecule has 0 aromatic carbocycles. The Hall–Kier alpha value is -0.900. The summed E-state index contributed by atoms with van der Waals surface area (Å²) >= 11 is 0. The molecule has 0 aliphatic carbocycles. The van der Waals surface area contributed by atoms with Crippen LogP contribution in [0.5, 0.6) is 0 Å². The Morgan fingerprint density at radius 1 is 1.35 bits per heavy atom. The number of carbonyl (C=O) groups excluding carboxylic acids is 2. The van der Waals surface area contributed by atoms with E-state index >= 15 is 0 Å². The van der Waals surface area contributed by atoms with Crippen LogP contribution >= 0.6 is 0 Å². The summed E-state index contributed by atoms with van der Waals surface area (Å²) in [7, 11) is 0. The highest BCUT2D eigenvalue weighted by molar-refractivity contribution is 5.94. The van der Waals surface area contributed by atoms with Crippen LogP contribution in [0.2, 0.25) is 0 Å². The largest absolute Gasteiger partial charge is 0.394 e. The van der Waals surface area contributed by atoms with Gasteiger partial charge in [-0.1, -0.05) is 26.2 Å². The lowest BCUT2D eigenvalue weighted by Gasteiger charge is -2.34. The number of hydrogen-bond acceptors (Lipinski definition) is 8. The van der Waals surface area contributed by atoms with Gasteiger partial charge < -0.3 is 35.1 Å². The van der Waals surface area contributed by atoms with Gasteiger partial charge in [-0.3, -0.25) is 4.79 Å². The van der Waals surface area contributed by atoms with Gasteiger partial charge in [0, 0.05) is 12.3 Å². The van der Waals surface area contributed by atoms with E-state index < -0.39 is 48.5 Å². The molecular weight excluding hydrogens is 308 g/mol. The van der Waals surface area contributed by atoms with Crippen LogP contribution in [0.15, 0.2) is 0 Å². The summed E-state index contributed by atoms with van der Waals surface area (Å²) in [6, 6.07) is 0. The maximum absolute atomic E-state index is 12.4. The van der Waals surface area contributed by atoms with Crippen LogP contribution < -0.4 is 0 Å².